The third-order valence-electron chi connectivity index (χ3n) is 3.30. The van der Waals surface area contributed by atoms with E-state index in [1.54, 1.807) is 52.0 Å². The van der Waals surface area contributed by atoms with Crippen LogP contribution in [-0.2, 0) is 14.3 Å². The van der Waals surface area contributed by atoms with E-state index in [-0.39, 0.29) is 12.3 Å². The Kier molecular flexibility index (Phi) is 5.38. The molecule has 0 bridgehead atoms. The number of hydrogen-bond acceptors (Lipinski definition) is 5. The van der Waals surface area contributed by atoms with Crippen molar-refractivity contribution in [1.82, 2.24) is 4.57 Å². The van der Waals surface area contributed by atoms with Gasteiger partial charge in [0.25, 0.3) is 5.78 Å². The van der Waals surface area contributed by atoms with Gasteiger partial charge in [-0.25, -0.2) is 14.2 Å². The van der Waals surface area contributed by atoms with Crippen LogP contribution in [0.1, 0.15) is 38.2 Å². The summed E-state index contributed by atoms with van der Waals surface area (Å²) >= 11 is 0. The molecule has 0 fully saturated rings. The first-order valence-corrected chi connectivity index (χ1v) is 7.97. The topological polar surface area (TPSA) is 111 Å². The van der Waals surface area contributed by atoms with Crippen molar-refractivity contribution in [3.63, 3.8) is 0 Å². The lowest BCUT2D eigenvalue weighted by Gasteiger charge is -2.20. The molecule has 8 nitrogen and oxygen atoms in total. The molecule has 0 amide bonds. The van der Waals surface area contributed by atoms with E-state index >= 15 is 0 Å². The molecular formula is C18H19N3O5. The second kappa shape index (κ2) is 7.33. The standard InChI is InChI=1S/C18H19N3O5/c1-5-25-16(23)14(20-19)15(22)13-10-11-8-6-7-9-12(11)21(13)17(24)26-18(2,3)4/h6-10H,5H2,1-4H3. The SMILES string of the molecule is CCOC(=O)C(=[N+]=[N-])C(=O)c1cc2ccccc2n1C(=O)OC(C)(C)C. The zero-order chi connectivity index (χ0) is 19.5. The molecule has 0 aliphatic heterocycles. The Balaban J connectivity index is 2.61. The summed E-state index contributed by atoms with van der Waals surface area (Å²) in [4.78, 5) is 40.0. The van der Waals surface area contributed by atoms with E-state index in [0.29, 0.717) is 10.9 Å². The highest BCUT2D eigenvalue weighted by Crippen LogP contribution is 2.22. The summed E-state index contributed by atoms with van der Waals surface area (Å²) in [5.74, 6) is -2.03. The number of aromatic nitrogens is 1. The molecule has 2 aromatic rings. The number of ketones is 1. The molecule has 0 spiro atoms. The fourth-order valence-electron chi connectivity index (χ4n) is 2.33. The highest BCUT2D eigenvalue weighted by atomic mass is 16.6. The number of ether oxygens (including phenoxy) is 2. The number of benzene rings is 1. The van der Waals surface area contributed by atoms with E-state index in [2.05, 4.69) is 4.79 Å². The van der Waals surface area contributed by atoms with Gasteiger partial charge in [0.05, 0.1) is 12.1 Å². The summed E-state index contributed by atoms with van der Waals surface area (Å²) < 4.78 is 11.1. The smallest absolute Gasteiger partial charge is 0.447 e. The average Bonchev–Trinajstić information content (AvgIpc) is 2.93. The van der Waals surface area contributed by atoms with E-state index in [0.717, 1.165) is 4.57 Å². The predicted octanol–water partition coefficient (Wildman–Crippen LogP) is 2.84. The number of carbonyl (C=O) groups excluding carboxylic acids is 3. The van der Waals surface area contributed by atoms with Crippen LogP contribution in [0.5, 0.6) is 0 Å². The molecule has 0 unspecified atom stereocenters. The lowest BCUT2D eigenvalue weighted by molar-refractivity contribution is -0.139. The molecule has 0 aliphatic rings. The Morgan fingerprint density at radius 2 is 1.85 bits per heavy atom. The van der Waals surface area contributed by atoms with Gasteiger partial charge in [-0.1, -0.05) is 18.2 Å². The van der Waals surface area contributed by atoms with Crippen LogP contribution in [0.2, 0.25) is 0 Å². The molecule has 0 N–H and O–H groups in total. The summed E-state index contributed by atoms with van der Waals surface area (Å²) in [6.45, 7) is 6.63. The average molecular weight is 357 g/mol. The molecule has 0 atom stereocenters. The Morgan fingerprint density at radius 3 is 2.42 bits per heavy atom. The monoisotopic (exact) mass is 357 g/mol. The second-order valence-corrected chi connectivity index (χ2v) is 6.40. The maximum Gasteiger partial charge on any atom is 0.447 e. The summed E-state index contributed by atoms with van der Waals surface area (Å²) in [7, 11) is 0. The Labute approximate surface area is 149 Å². The first kappa shape index (κ1) is 19.1. The maximum absolute atomic E-state index is 12.7. The zero-order valence-electron chi connectivity index (χ0n) is 15.0. The lowest BCUT2D eigenvalue weighted by Crippen LogP contribution is -2.32. The number of esters is 1. The highest BCUT2D eigenvalue weighted by Gasteiger charge is 2.36. The Morgan fingerprint density at radius 1 is 1.19 bits per heavy atom. The van der Waals surface area contributed by atoms with Crippen LogP contribution in [0, 0.1) is 0 Å². The van der Waals surface area contributed by atoms with Crippen LogP contribution in [0.3, 0.4) is 0 Å². The predicted molar refractivity (Wildman–Crippen MR) is 93.2 cm³/mol. The first-order valence-electron chi connectivity index (χ1n) is 7.97. The van der Waals surface area contributed by atoms with Gasteiger partial charge in [0, 0.05) is 5.39 Å². The Hall–Kier alpha value is -3.25. The number of nitrogens with zero attached hydrogens (tertiary/aromatic N) is 3. The summed E-state index contributed by atoms with van der Waals surface area (Å²) in [6.07, 6.45) is -0.789. The van der Waals surface area contributed by atoms with Gasteiger partial charge in [0.1, 0.15) is 11.3 Å². The maximum atomic E-state index is 12.7. The van der Waals surface area contributed by atoms with Gasteiger partial charge in [0.15, 0.2) is 0 Å². The molecule has 0 saturated heterocycles. The Bertz CT molecular complexity index is 930. The van der Waals surface area contributed by atoms with Gasteiger partial charge in [-0.15, -0.1) is 0 Å². The van der Waals surface area contributed by atoms with Crippen molar-refractivity contribution in [1.29, 1.82) is 0 Å². The van der Waals surface area contributed by atoms with Crippen LogP contribution in [0.4, 0.5) is 4.79 Å². The normalized spacial score (nSPS) is 10.9. The molecular weight excluding hydrogens is 338 g/mol. The van der Waals surface area contributed by atoms with Crippen LogP contribution in [0.25, 0.3) is 16.4 Å². The van der Waals surface area contributed by atoms with Gasteiger partial charge in [0.2, 0.25) is 0 Å². The minimum atomic E-state index is -1.08. The largest absolute Gasteiger partial charge is 0.457 e. The molecule has 136 valence electrons. The third kappa shape index (κ3) is 3.87. The number of carbonyl (C=O) groups is 3. The van der Waals surface area contributed by atoms with Crippen molar-refractivity contribution in [2.45, 2.75) is 33.3 Å². The molecule has 0 radical (unpaired) electrons. The fourth-order valence-corrected chi connectivity index (χ4v) is 2.33. The number of para-hydroxylation sites is 1. The van der Waals surface area contributed by atoms with E-state index in [4.69, 9.17) is 15.0 Å². The van der Waals surface area contributed by atoms with Crippen LogP contribution >= 0.6 is 0 Å². The molecule has 26 heavy (non-hydrogen) atoms. The quantitative estimate of drug-likeness (QED) is 0.209. The van der Waals surface area contributed by atoms with Gasteiger partial charge in [-0.2, -0.15) is 4.79 Å². The van der Waals surface area contributed by atoms with Crippen molar-refractivity contribution >= 4 is 34.5 Å². The van der Waals surface area contributed by atoms with Gasteiger partial charge in [-0.05, 0) is 39.8 Å². The highest BCUT2D eigenvalue weighted by molar-refractivity contribution is 6.65. The zero-order valence-corrected chi connectivity index (χ0v) is 15.0. The van der Waals surface area contributed by atoms with Crippen molar-refractivity contribution < 1.29 is 28.6 Å². The van der Waals surface area contributed by atoms with Crippen molar-refractivity contribution in [3.8, 4) is 0 Å². The van der Waals surface area contributed by atoms with E-state index in [1.807, 2.05) is 0 Å². The molecule has 1 aromatic heterocycles. The summed E-state index contributed by atoms with van der Waals surface area (Å²) in [6, 6.07) is 8.20. The van der Waals surface area contributed by atoms with Crippen molar-refractivity contribution in [3.05, 3.63) is 41.6 Å². The van der Waals surface area contributed by atoms with Crippen molar-refractivity contribution in [2.75, 3.05) is 6.61 Å². The van der Waals surface area contributed by atoms with Crippen LogP contribution < -0.4 is 0 Å². The first-order chi connectivity index (χ1) is 12.2. The van der Waals surface area contributed by atoms with Gasteiger partial charge < -0.3 is 15.0 Å². The van der Waals surface area contributed by atoms with E-state index in [9.17, 15) is 14.4 Å². The molecule has 0 aliphatic carbocycles. The number of fused-ring (bicyclic) bond motifs is 1. The molecule has 1 aromatic carbocycles. The van der Waals surface area contributed by atoms with E-state index < -0.39 is 29.2 Å². The lowest BCUT2D eigenvalue weighted by atomic mass is 10.1. The van der Waals surface area contributed by atoms with Crippen LogP contribution in [0.15, 0.2) is 30.3 Å². The number of rotatable bonds is 4. The fraction of sp³-hybridized carbons (Fsp3) is 0.333. The molecule has 2 rings (SSSR count). The summed E-state index contributed by atoms with van der Waals surface area (Å²) in [5, 5.41) is 0.586. The minimum absolute atomic E-state index is 0.000185. The number of Topliss-reactive ketones (excluding diaryl/α,β-unsaturated/α-hetero) is 1. The molecule has 8 heteroatoms. The second-order valence-electron chi connectivity index (χ2n) is 6.40. The van der Waals surface area contributed by atoms with Crippen molar-refractivity contribution in [2.24, 2.45) is 0 Å². The molecule has 0 saturated carbocycles. The minimum Gasteiger partial charge on any atom is -0.457 e. The third-order valence-corrected chi connectivity index (χ3v) is 3.30. The van der Waals surface area contributed by atoms with Gasteiger partial charge in [-0.3, -0.25) is 4.79 Å². The number of hydrogen-bond donors (Lipinski definition) is 0. The van der Waals surface area contributed by atoms with E-state index in [1.165, 1.54) is 6.07 Å². The van der Waals surface area contributed by atoms with Gasteiger partial charge >= 0.3 is 17.8 Å². The summed E-state index contributed by atoms with van der Waals surface area (Å²) in [5.41, 5.74) is 7.73. The molecule has 1 heterocycles. The van der Waals surface area contributed by atoms with Crippen LogP contribution in [-0.4, -0.2) is 45.1 Å².